The van der Waals surface area contributed by atoms with Gasteiger partial charge in [-0.3, -0.25) is 9.48 Å². The number of ether oxygens (including phenoxy) is 1. The second-order valence-electron chi connectivity index (χ2n) is 5.49. The molecule has 0 saturated carbocycles. The van der Waals surface area contributed by atoms with Crippen LogP contribution in [0.15, 0.2) is 0 Å². The summed E-state index contributed by atoms with van der Waals surface area (Å²) < 4.78 is 6.60. The molecule has 2 atom stereocenters. The smallest absolute Gasteiger partial charge is 0.331 e. The van der Waals surface area contributed by atoms with E-state index in [0.29, 0.717) is 0 Å². The van der Waals surface area contributed by atoms with Crippen LogP contribution in [0.2, 0.25) is 0 Å². The fraction of sp³-hybridized carbons (Fsp3) is 0.643. The van der Waals surface area contributed by atoms with Gasteiger partial charge in [0, 0.05) is 25.4 Å². The van der Waals surface area contributed by atoms with Crippen molar-refractivity contribution in [2.75, 3.05) is 13.7 Å². The van der Waals surface area contributed by atoms with E-state index in [4.69, 9.17) is 4.74 Å². The molecule has 0 fully saturated rings. The maximum atomic E-state index is 12.4. The van der Waals surface area contributed by atoms with Gasteiger partial charge in [0.15, 0.2) is 5.54 Å². The Morgan fingerprint density at radius 1 is 1.48 bits per heavy atom. The quantitative estimate of drug-likeness (QED) is 0.808. The molecule has 0 bridgehead atoms. The first-order valence-electron chi connectivity index (χ1n) is 6.68. The highest BCUT2D eigenvalue weighted by Gasteiger charge is 2.37. The third kappa shape index (κ3) is 3.41. The lowest BCUT2D eigenvalue weighted by molar-refractivity contribution is -0.149. The minimum atomic E-state index is -1.45. The predicted octanol–water partition coefficient (Wildman–Crippen LogP) is 0.746. The second kappa shape index (κ2) is 6.26. The lowest BCUT2D eigenvalue weighted by Crippen LogP contribution is -2.56. The zero-order valence-corrected chi connectivity index (χ0v) is 13.4. The predicted molar refractivity (Wildman–Crippen MR) is 77.2 cm³/mol. The summed E-state index contributed by atoms with van der Waals surface area (Å²) in [5.41, 5.74) is 1.02. The maximum Gasteiger partial charge on any atom is 0.331 e. The van der Waals surface area contributed by atoms with Crippen LogP contribution in [-0.4, -0.2) is 46.0 Å². The van der Waals surface area contributed by atoms with Crippen LogP contribution < -0.4 is 5.32 Å². The van der Waals surface area contributed by atoms with Crippen LogP contribution in [0.4, 0.5) is 0 Å². The Bertz CT molecular complexity index is 553. The van der Waals surface area contributed by atoms with Gasteiger partial charge in [-0.15, -0.1) is 0 Å². The normalized spacial score (nSPS) is 15.3. The molecule has 1 aromatic heterocycles. The molecule has 0 aromatic carbocycles. The SMILES string of the molecule is COCC(C)(NC(=O)C(C)c1c(C)nn(C)c1C)C(=O)O. The van der Waals surface area contributed by atoms with Gasteiger partial charge in [-0.2, -0.15) is 5.10 Å². The minimum Gasteiger partial charge on any atom is -0.479 e. The monoisotopic (exact) mass is 297 g/mol. The van der Waals surface area contributed by atoms with Crippen molar-refractivity contribution in [3.63, 3.8) is 0 Å². The first kappa shape index (κ1) is 17.2. The number of aliphatic carboxylic acids is 1. The van der Waals surface area contributed by atoms with E-state index in [9.17, 15) is 14.7 Å². The van der Waals surface area contributed by atoms with Gasteiger partial charge in [0.2, 0.25) is 5.91 Å². The van der Waals surface area contributed by atoms with Gasteiger partial charge in [0.25, 0.3) is 0 Å². The first-order valence-corrected chi connectivity index (χ1v) is 6.68. The minimum absolute atomic E-state index is 0.105. The summed E-state index contributed by atoms with van der Waals surface area (Å²) in [5.74, 6) is -1.99. The number of nitrogens with zero attached hydrogens (tertiary/aromatic N) is 2. The summed E-state index contributed by atoms with van der Waals surface area (Å²) in [6.45, 7) is 6.77. The zero-order chi connectivity index (χ0) is 16.4. The first-order chi connectivity index (χ1) is 9.64. The van der Waals surface area contributed by atoms with Gasteiger partial charge in [-0.1, -0.05) is 0 Å². The Morgan fingerprint density at radius 3 is 2.43 bits per heavy atom. The average molecular weight is 297 g/mol. The van der Waals surface area contributed by atoms with Crippen molar-refractivity contribution in [1.82, 2.24) is 15.1 Å². The lowest BCUT2D eigenvalue weighted by atomic mass is 9.96. The van der Waals surface area contributed by atoms with E-state index in [0.717, 1.165) is 17.0 Å². The third-order valence-corrected chi connectivity index (χ3v) is 3.70. The number of rotatable bonds is 6. The molecule has 0 aliphatic rings. The highest BCUT2D eigenvalue weighted by molar-refractivity contribution is 5.90. The van der Waals surface area contributed by atoms with Crippen molar-refractivity contribution in [1.29, 1.82) is 0 Å². The van der Waals surface area contributed by atoms with Crippen LogP contribution in [0.1, 0.15) is 36.7 Å². The summed E-state index contributed by atoms with van der Waals surface area (Å²) >= 11 is 0. The number of hydrogen-bond acceptors (Lipinski definition) is 4. The van der Waals surface area contributed by atoms with E-state index >= 15 is 0 Å². The standard InChI is InChI=1S/C14H23N3O4/c1-8(11-9(2)16-17(5)10(11)3)12(18)15-14(4,7-21-6)13(19)20/h8H,7H2,1-6H3,(H,15,18)(H,19,20). The second-order valence-corrected chi connectivity index (χ2v) is 5.49. The number of carboxylic acid groups (broad SMARTS) is 1. The van der Waals surface area contributed by atoms with Crippen molar-refractivity contribution in [3.8, 4) is 0 Å². The number of nitrogens with one attached hydrogen (secondary N) is 1. The molecule has 1 heterocycles. The van der Waals surface area contributed by atoms with E-state index < -0.39 is 17.4 Å². The molecule has 118 valence electrons. The van der Waals surface area contributed by atoms with E-state index in [1.807, 2.05) is 20.9 Å². The molecule has 1 aromatic rings. The van der Waals surface area contributed by atoms with Gasteiger partial charge in [-0.25, -0.2) is 4.79 Å². The summed E-state index contributed by atoms with van der Waals surface area (Å²) in [5, 5.41) is 16.1. The highest BCUT2D eigenvalue weighted by atomic mass is 16.5. The van der Waals surface area contributed by atoms with Crippen LogP contribution in [-0.2, 0) is 21.4 Å². The molecule has 7 nitrogen and oxygen atoms in total. The van der Waals surface area contributed by atoms with Crippen LogP contribution in [0.25, 0.3) is 0 Å². The molecule has 0 saturated heterocycles. The largest absolute Gasteiger partial charge is 0.479 e. The fourth-order valence-corrected chi connectivity index (χ4v) is 2.37. The van der Waals surface area contributed by atoms with Gasteiger partial charge >= 0.3 is 5.97 Å². The van der Waals surface area contributed by atoms with Crippen LogP contribution in [0.5, 0.6) is 0 Å². The highest BCUT2D eigenvalue weighted by Crippen LogP contribution is 2.23. The number of hydrogen-bond donors (Lipinski definition) is 2. The van der Waals surface area contributed by atoms with Crippen LogP contribution in [0, 0.1) is 13.8 Å². The molecule has 2 unspecified atom stereocenters. The number of amides is 1. The topological polar surface area (TPSA) is 93.5 Å². The van der Waals surface area contributed by atoms with E-state index in [1.165, 1.54) is 14.0 Å². The molecule has 2 N–H and O–H groups in total. The van der Waals surface area contributed by atoms with Gasteiger partial charge in [-0.05, 0) is 27.7 Å². The molecule has 0 aliphatic heterocycles. The van der Waals surface area contributed by atoms with Crippen molar-refractivity contribution < 1.29 is 19.4 Å². The molecule has 0 radical (unpaired) electrons. The number of carbonyl (C=O) groups excluding carboxylic acids is 1. The van der Waals surface area contributed by atoms with Crippen molar-refractivity contribution in [3.05, 3.63) is 17.0 Å². The fourth-order valence-electron chi connectivity index (χ4n) is 2.37. The molecule has 1 rings (SSSR count). The van der Waals surface area contributed by atoms with E-state index in [2.05, 4.69) is 10.4 Å². The van der Waals surface area contributed by atoms with E-state index in [-0.39, 0.29) is 12.5 Å². The van der Waals surface area contributed by atoms with Crippen molar-refractivity contribution >= 4 is 11.9 Å². The Labute approximate surface area is 124 Å². The van der Waals surface area contributed by atoms with Crippen LogP contribution in [0.3, 0.4) is 0 Å². The molecule has 0 spiro atoms. The molecule has 21 heavy (non-hydrogen) atoms. The van der Waals surface area contributed by atoms with Crippen molar-refractivity contribution in [2.24, 2.45) is 7.05 Å². The Hall–Kier alpha value is -1.89. The lowest BCUT2D eigenvalue weighted by Gasteiger charge is -2.27. The van der Waals surface area contributed by atoms with Gasteiger partial charge in [0.05, 0.1) is 18.2 Å². The van der Waals surface area contributed by atoms with Gasteiger partial charge in [0.1, 0.15) is 0 Å². The zero-order valence-electron chi connectivity index (χ0n) is 13.4. The maximum absolute atomic E-state index is 12.4. The number of methoxy groups -OCH3 is 1. The summed E-state index contributed by atoms with van der Waals surface area (Å²) in [6.07, 6.45) is 0. The molecule has 1 amide bonds. The summed E-state index contributed by atoms with van der Waals surface area (Å²) in [6, 6.07) is 0. The molecule has 7 heteroatoms. The van der Waals surface area contributed by atoms with E-state index in [1.54, 1.807) is 11.6 Å². The molecular weight excluding hydrogens is 274 g/mol. The Kier molecular flexibility index (Phi) is 5.11. The Morgan fingerprint density at radius 2 is 2.05 bits per heavy atom. The number of carboxylic acids is 1. The molecular formula is C14H23N3O4. The number of aryl methyl sites for hydroxylation is 2. The molecule has 0 aliphatic carbocycles. The number of aromatic nitrogens is 2. The summed E-state index contributed by atoms with van der Waals surface area (Å²) in [4.78, 5) is 23.7. The third-order valence-electron chi connectivity index (χ3n) is 3.70. The number of carbonyl (C=O) groups is 2. The van der Waals surface area contributed by atoms with Crippen LogP contribution >= 0.6 is 0 Å². The Balaban J connectivity index is 3.00. The van der Waals surface area contributed by atoms with Gasteiger partial charge < -0.3 is 15.2 Å². The average Bonchev–Trinajstić information content (AvgIpc) is 2.62. The summed E-state index contributed by atoms with van der Waals surface area (Å²) in [7, 11) is 3.20. The van der Waals surface area contributed by atoms with Crippen molar-refractivity contribution in [2.45, 2.75) is 39.2 Å².